The van der Waals surface area contributed by atoms with E-state index in [-0.39, 0.29) is 11.3 Å². The predicted octanol–water partition coefficient (Wildman–Crippen LogP) is 5.26. The van der Waals surface area contributed by atoms with Crippen molar-refractivity contribution in [3.8, 4) is 11.5 Å². The van der Waals surface area contributed by atoms with Gasteiger partial charge in [0.05, 0.1) is 25.8 Å². The lowest BCUT2D eigenvalue weighted by Gasteiger charge is -2.27. The summed E-state index contributed by atoms with van der Waals surface area (Å²) in [7, 11) is 3.12. The number of aryl methyl sites for hydroxylation is 3. The van der Waals surface area contributed by atoms with Gasteiger partial charge in [-0.15, -0.1) is 0 Å². The molecule has 1 amide bonds. The van der Waals surface area contributed by atoms with Crippen molar-refractivity contribution in [2.75, 3.05) is 19.1 Å². The maximum atomic E-state index is 13.4. The lowest BCUT2D eigenvalue weighted by molar-refractivity contribution is -0.132. The second kappa shape index (κ2) is 9.06. The number of ketones is 1. The molecule has 1 fully saturated rings. The van der Waals surface area contributed by atoms with Crippen LogP contribution in [0.5, 0.6) is 11.5 Å². The second-order valence-electron chi connectivity index (χ2n) is 8.42. The molecule has 4 rings (SSSR count). The normalized spacial score (nSPS) is 17.2. The number of nitrogens with zero attached hydrogens (tertiary/aromatic N) is 1. The number of benzene rings is 3. The molecule has 6 heteroatoms. The van der Waals surface area contributed by atoms with Gasteiger partial charge in [0, 0.05) is 11.3 Å². The van der Waals surface area contributed by atoms with Gasteiger partial charge in [0.2, 0.25) is 0 Å². The Kier molecular flexibility index (Phi) is 6.16. The van der Waals surface area contributed by atoms with E-state index in [0.717, 1.165) is 16.7 Å². The summed E-state index contributed by atoms with van der Waals surface area (Å²) in [6, 6.07) is 17.3. The standard InChI is InChI=1S/C28H27NO5/c1-16-9-10-17(2)23(13-16)29-25(19-7-6-8-20(15-19)33-4)24(27(31)28(29)32)26(30)22-12-11-21(34-5)14-18(22)3/h6-15,25,30H,1-5H3/b26-24-. The molecule has 1 N–H and O–H groups in total. The molecule has 174 valence electrons. The first-order valence-electron chi connectivity index (χ1n) is 10.9. The molecular formula is C28H27NO5. The lowest BCUT2D eigenvalue weighted by Crippen LogP contribution is -2.30. The number of hydrogen-bond acceptors (Lipinski definition) is 5. The van der Waals surface area contributed by atoms with Crippen molar-refractivity contribution in [2.24, 2.45) is 0 Å². The highest BCUT2D eigenvalue weighted by Gasteiger charge is 2.47. The Hall–Kier alpha value is -4.06. The van der Waals surface area contributed by atoms with E-state index < -0.39 is 17.7 Å². The zero-order chi connectivity index (χ0) is 24.6. The molecule has 0 aliphatic carbocycles. The molecule has 1 unspecified atom stereocenters. The number of aliphatic hydroxyl groups is 1. The minimum absolute atomic E-state index is 0.0347. The van der Waals surface area contributed by atoms with Gasteiger partial charge >= 0.3 is 0 Å². The number of rotatable bonds is 5. The van der Waals surface area contributed by atoms with Crippen molar-refractivity contribution in [3.05, 3.63) is 94.1 Å². The second-order valence-corrected chi connectivity index (χ2v) is 8.42. The Morgan fingerprint density at radius 2 is 1.56 bits per heavy atom. The van der Waals surface area contributed by atoms with Crippen LogP contribution in [0.4, 0.5) is 5.69 Å². The van der Waals surface area contributed by atoms with Crippen LogP contribution in [0, 0.1) is 20.8 Å². The van der Waals surface area contributed by atoms with E-state index in [1.165, 1.54) is 4.90 Å². The van der Waals surface area contributed by atoms with Gasteiger partial charge in [-0.3, -0.25) is 14.5 Å². The summed E-state index contributed by atoms with van der Waals surface area (Å²) in [5.74, 6) is -0.422. The zero-order valence-electron chi connectivity index (χ0n) is 19.9. The smallest absolute Gasteiger partial charge is 0.300 e. The number of Topliss-reactive ketones (excluding diaryl/α,β-unsaturated/α-hetero) is 1. The molecule has 0 bridgehead atoms. The molecule has 1 aliphatic heterocycles. The van der Waals surface area contributed by atoms with Crippen LogP contribution >= 0.6 is 0 Å². The van der Waals surface area contributed by atoms with Crippen LogP contribution in [0.25, 0.3) is 5.76 Å². The minimum atomic E-state index is -0.822. The van der Waals surface area contributed by atoms with Gasteiger partial charge in [-0.2, -0.15) is 0 Å². The van der Waals surface area contributed by atoms with Crippen molar-refractivity contribution in [2.45, 2.75) is 26.8 Å². The molecule has 0 radical (unpaired) electrons. The third-order valence-corrected chi connectivity index (χ3v) is 6.17. The number of aliphatic hydroxyl groups excluding tert-OH is 1. The third kappa shape index (κ3) is 3.92. The van der Waals surface area contributed by atoms with Crippen LogP contribution < -0.4 is 14.4 Å². The zero-order valence-corrected chi connectivity index (χ0v) is 19.9. The minimum Gasteiger partial charge on any atom is -0.507 e. The van der Waals surface area contributed by atoms with E-state index in [1.54, 1.807) is 50.6 Å². The lowest BCUT2D eigenvalue weighted by atomic mass is 9.93. The maximum absolute atomic E-state index is 13.4. The van der Waals surface area contributed by atoms with Crippen LogP contribution in [0.3, 0.4) is 0 Å². The Bertz CT molecular complexity index is 1320. The SMILES string of the molecule is COc1cccc(C2/C(=C(/O)c3ccc(OC)cc3C)C(=O)C(=O)N2c2cc(C)ccc2C)c1. The molecular weight excluding hydrogens is 430 g/mol. The van der Waals surface area contributed by atoms with Crippen LogP contribution in [0.1, 0.15) is 33.9 Å². The van der Waals surface area contributed by atoms with Gasteiger partial charge in [-0.25, -0.2) is 0 Å². The van der Waals surface area contributed by atoms with Crippen molar-refractivity contribution < 1.29 is 24.2 Å². The average molecular weight is 458 g/mol. The number of methoxy groups -OCH3 is 2. The summed E-state index contributed by atoms with van der Waals surface area (Å²) in [5, 5.41) is 11.4. The van der Waals surface area contributed by atoms with Crippen molar-refractivity contribution in [3.63, 3.8) is 0 Å². The fourth-order valence-corrected chi connectivity index (χ4v) is 4.36. The molecule has 3 aromatic rings. The number of carbonyl (C=O) groups excluding carboxylic acids is 2. The molecule has 1 saturated heterocycles. The molecule has 0 aromatic heterocycles. The van der Waals surface area contributed by atoms with Gasteiger partial charge < -0.3 is 14.6 Å². The van der Waals surface area contributed by atoms with Gasteiger partial charge in [-0.1, -0.05) is 24.3 Å². The van der Waals surface area contributed by atoms with Crippen molar-refractivity contribution in [1.82, 2.24) is 0 Å². The Labute approximate surface area is 199 Å². The van der Waals surface area contributed by atoms with Gasteiger partial charge in [0.15, 0.2) is 0 Å². The highest BCUT2D eigenvalue weighted by Crippen LogP contribution is 2.44. The Morgan fingerprint density at radius 3 is 2.24 bits per heavy atom. The maximum Gasteiger partial charge on any atom is 0.300 e. The number of ether oxygens (including phenoxy) is 2. The van der Waals surface area contributed by atoms with E-state index in [2.05, 4.69) is 0 Å². The fourth-order valence-electron chi connectivity index (χ4n) is 4.36. The summed E-state index contributed by atoms with van der Waals surface area (Å²) < 4.78 is 10.7. The predicted molar refractivity (Wildman–Crippen MR) is 131 cm³/mol. The van der Waals surface area contributed by atoms with E-state index in [4.69, 9.17) is 9.47 Å². The largest absolute Gasteiger partial charge is 0.507 e. The summed E-state index contributed by atoms with van der Waals surface area (Å²) >= 11 is 0. The first kappa shape index (κ1) is 23.1. The number of amides is 1. The number of hydrogen-bond donors (Lipinski definition) is 1. The third-order valence-electron chi connectivity index (χ3n) is 6.17. The number of carbonyl (C=O) groups is 2. The topological polar surface area (TPSA) is 76.1 Å². The molecule has 6 nitrogen and oxygen atoms in total. The molecule has 1 atom stereocenters. The molecule has 0 saturated carbocycles. The van der Waals surface area contributed by atoms with E-state index in [0.29, 0.717) is 28.3 Å². The summed E-state index contributed by atoms with van der Waals surface area (Å²) in [5.41, 5.74) is 4.31. The fraction of sp³-hybridized carbons (Fsp3) is 0.214. The summed E-state index contributed by atoms with van der Waals surface area (Å²) in [4.78, 5) is 28.3. The number of anilines is 1. The van der Waals surface area contributed by atoms with E-state index >= 15 is 0 Å². The van der Waals surface area contributed by atoms with Gasteiger partial charge in [0.25, 0.3) is 11.7 Å². The Morgan fingerprint density at radius 1 is 0.853 bits per heavy atom. The van der Waals surface area contributed by atoms with E-state index in [9.17, 15) is 14.7 Å². The summed E-state index contributed by atoms with van der Waals surface area (Å²) in [6.07, 6.45) is 0. The van der Waals surface area contributed by atoms with Crippen LogP contribution in [0.2, 0.25) is 0 Å². The van der Waals surface area contributed by atoms with Crippen LogP contribution in [-0.2, 0) is 9.59 Å². The molecule has 3 aromatic carbocycles. The molecule has 34 heavy (non-hydrogen) atoms. The first-order chi connectivity index (χ1) is 16.3. The van der Waals surface area contributed by atoms with Crippen molar-refractivity contribution >= 4 is 23.1 Å². The van der Waals surface area contributed by atoms with Gasteiger partial charge in [0.1, 0.15) is 17.3 Å². The quantitative estimate of drug-likeness (QED) is 0.322. The van der Waals surface area contributed by atoms with Crippen molar-refractivity contribution in [1.29, 1.82) is 0 Å². The summed E-state index contributed by atoms with van der Waals surface area (Å²) in [6.45, 7) is 5.64. The first-order valence-corrected chi connectivity index (χ1v) is 10.9. The van der Waals surface area contributed by atoms with E-state index in [1.807, 2.05) is 45.0 Å². The average Bonchev–Trinajstić information content (AvgIpc) is 3.10. The molecule has 1 heterocycles. The van der Waals surface area contributed by atoms with Crippen LogP contribution in [-0.4, -0.2) is 31.0 Å². The monoisotopic (exact) mass is 457 g/mol. The Balaban J connectivity index is 2.00. The highest BCUT2D eigenvalue weighted by molar-refractivity contribution is 6.51. The molecule has 0 spiro atoms. The molecule has 1 aliphatic rings. The highest BCUT2D eigenvalue weighted by atomic mass is 16.5. The van der Waals surface area contributed by atoms with Gasteiger partial charge in [-0.05, 0) is 79.4 Å². The van der Waals surface area contributed by atoms with Crippen LogP contribution in [0.15, 0.2) is 66.2 Å².